The number of benzene rings is 5. The molecule has 210 valence electrons. The van der Waals surface area contributed by atoms with E-state index in [-0.39, 0.29) is 6.17 Å². The van der Waals surface area contributed by atoms with Crippen molar-refractivity contribution < 1.29 is 0 Å². The maximum Gasteiger partial charge on any atom is 0.123 e. The molecule has 0 spiro atoms. The van der Waals surface area contributed by atoms with E-state index in [9.17, 15) is 0 Å². The maximum atomic E-state index is 3.82. The number of fused-ring (bicyclic) bond motifs is 6. The third-order valence-corrected chi connectivity index (χ3v) is 8.97. The molecule has 1 unspecified atom stereocenters. The summed E-state index contributed by atoms with van der Waals surface area (Å²) in [5, 5.41) is 12.4. The minimum Gasteiger partial charge on any atom is -0.380 e. The SMILES string of the molecule is C1=CCNC(C2=CC=CC(n3c4ccccc4c4cc5c6ccccc6n(-c6ccc(-c7ccccc7)cc6)c5cc43)N2)=C1. The van der Waals surface area contributed by atoms with Gasteiger partial charge in [0.25, 0.3) is 0 Å². The molecule has 0 aliphatic carbocycles. The first-order valence-corrected chi connectivity index (χ1v) is 15.2. The van der Waals surface area contributed by atoms with Crippen LogP contribution in [0.25, 0.3) is 60.4 Å². The van der Waals surface area contributed by atoms with E-state index in [1.807, 2.05) is 0 Å². The highest BCUT2D eigenvalue weighted by Crippen LogP contribution is 2.40. The van der Waals surface area contributed by atoms with E-state index in [1.165, 1.54) is 54.7 Å². The first-order chi connectivity index (χ1) is 21.8. The van der Waals surface area contributed by atoms with Gasteiger partial charge < -0.3 is 19.8 Å². The Kier molecular flexibility index (Phi) is 5.60. The van der Waals surface area contributed by atoms with Gasteiger partial charge >= 0.3 is 0 Å². The zero-order valence-corrected chi connectivity index (χ0v) is 24.1. The average Bonchev–Trinajstić information content (AvgIpc) is 3.60. The van der Waals surface area contributed by atoms with E-state index < -0.39 is 0 Å². The van der Waals surface area contributed by atoms with Crippen LogP contribution in [-0.4, -0.2) is 15.7 Å². The lowest BCUT2D eigenvalue weighted by Crippen LogP contribution is -2.31. The molecule has 2 aromatic heterocycles. The molecule has 4 heterocycles. The van der Waals surface area contributed by atoms with E-state index in [0.717, 1.165) is 23.6 Å². The van der Waals surface area contributed by atoms with Gasteiger partial charge in [0.2, 0.25) is 0 Å². The van der Waals surface area contributed by atoms with Gasteiger partial charge in [0.1, 0.15) is 6.17 Å². The molecule has 0 saturated heterocycles. The largest absolute Gasteiger partial charge is 0.380 e. The Labute approximate surface area is 255 Å². The number of nitrogens with one attached hydrogen (secondary N) is 2. The summed E-state index contributed by atoms with van der Waals surface area (Å²) in [6.45, 7) is 0.837. The average molecular weight is 567 g/mol. The van der Waals surface area contributed by atoms with Crippen LogP contribution in [-0.2, 0) is 0 Å². The fourth-order valence-electron chi connectivity index (χ4n) is 6.95. The fraction of sp³-hybridized carbons (Fsp3) is 0.0500. The molecule has 44 heavy (non-hydrogen) atoms. The van der Waals surface area contributed by atoms with Gasteiger partial charge in [-0.1, -0.05) is 97.1 Å². The van der Waals surface area contributed by atoms with Crippen LogP contribution in [0, 0.1) is 0 Å². The van der Waals surface area contributed by atoms with Gasteiger partial charge in [0, 0.05) is 33.8 Å². The fourth-order valence-corrected chi connectivity index (χ4v) is 6.95. The first kappa shape index (κ1) is 24.8. The van der Waals surface area contributed by atoms with Crippen LogP contribution in [0.3, 0.4) is 0 Å². The summed E-state index contributed by atoms with van der Waals surface area (Å²) in [5.41, 5.74) is 10.6. The van der Waals surface area contributed by atoms with E-state index >= 15 is 0 Å². The number of para-hydroxylation sites is 2. The van der Waals surface area contributed by atoms with Crippen molar-refractivity contribution in [3.63, 3.8) is 0 Å². The smallest absolute Gasteiger partial charge is 0.123 e. The second-order valence-corrected chi connectivity index (χ2v) is 11.5. The highest BCUT2D eigenvalue weighted by molar-refractivity contribution is 6.18. The Balaban J connectivity index is 1.26. The molecule has 9 rings (SSSR count). The molecule has 5 aromatic carbocycles. The molecular formula is C40H30N4. The van der Waals surface area contributed by atoms with Gasteiger partial charge in [0.15, 0.2) is 0 Å². The molecule has 0 radical (unpaired) electrons. The number of hydrogen-bond acceptors (Lipinski definition) is 2. The van der Waals surface area contributed by atoms with Crippen molar-refractivity contribution in [1.29, 1.82) is 0 Å². The zero-order chi connectivity index (χ0) is 29.0. The molecule has 0 amide bonds. The van der Waals surface area contributed by atoms with Gasteiger partial charge in [0.05, 0.1) is 33.5 Å². The third-order valence-electron chi connectivity index (χ3n) is 8.97. The number of allylic oxidation sites excluding steroid dienone is 4. The number of aromatic nitrogens is 2. The minimum absolute atomic E-state index is 0.0357. The molecule has 2 aliphatic heterocycles. The van der Waals surface area contributed by atoms with Crippen molar-refractivity contribution >= 4 is 43.6 Å². The maximum absolute atomic E-state index is 3.82. The zero-order valence-electron chi connectivity index (χ0n) is 24.1. The Hall–Kier alpha value is -5.74. The predicted octanol–water partition coefficient (Wildman–Crippen LogP) is 9.14. The van der Waals surface area contributed by atoms with Gasteiger partial charge in [-0.3, -0.25) is 0 Å². The van der Waals surface area contributed by atoms with Crippen LogP contribution in [0.5, 0.6) is 0 Å². The summed E-state index contributed by atoms with van der Waals surface area (Å²) in [4.78, 5) is 0. The highest BCUT2D eigenvalue weighted by atomic mass is 15.2. The van der Waals surface area contributed by atoms with Gasteiger partial charge in [-0.25, -0.2) is 0 Å². The van der Waals surface area contributed by atoms with Crippen molar-refractivity contribution in [3.05, 3.63) is 163 Å². The Morgan fingerprint density at radius 2 is 1.23 bits per heavy atom. The van der Waals surface area contributed by atoms with E-state index in [4.69, 9.17) is 0 Å². The summed E-state index contributed by atoms with van der Waals surface area (Å²) in [5.74, 6) is 0. The van der Waals surface area contributed by atoms with Gasteiger partial charge in [-0.15, -0.1) is 0 Å². The summed E-state index contributed by atoms with van der Waals surface area (Å²) < 4.78 is 4.87. The van der Waals surface area contributed by atoms with Crippen molar-refractivity contribution in [1.82, 2.24) is 19.8 Å². The number of rotatable bonds is 4. The minimum atomic E-state index is -0.0357. The Morgan fingerprint density at radius 1 is 0.545 bits per heavy atom. The van der Waals surface area contributed by atoms with Crippen LogP contribution in [0.15, 0.2) is 163 Å². The van der Waals surface area contributed by atoms with Crippen molar-refractivity contribution in [2.24, 2.45) is 0 Å². The number of hydrogen-bond donors (Lipinski definition) is 2. The summed E-state index contributed by atoms with van der Waals surface area (Å²) in [7, 11) is 0. The van der Waals surface area contributed by atoms with Crippen molar-refractivity contribution in [3.8, 4) is 16.8 Å². The van der Waals surface area contributed by atoms with E-state index in [1.54, 1.807) is 0 Å². The summed E-state index contributed by atoms with van der Waals surface area (Å²) >= 11 is 0. The second kappa shape index (κ2) is 9.92. The summed E-state index contributed by atoms with van der Waals surface area (Å²) in [6, 6.07) is 41.9. The molecule has 2 N–H and O–H groups in total. The standard InChI is InChI=1S/C40H30N4/c1-2-11-27(12-3-1)28-20-22-29(23-21-28)43-36-17-6-4-13-30(36)32-25-33-31-14-5-7-18-37(31)44(39(33)26-38(32)43)40-19-10-16-35(42-40)34-15-8-9-24-41-34/h1-23,25-26,40-42H,24H2. The normalized spacial score (nSPS) is 16.3. The molecule has 2 aliphatic rings. The van der Waals surface area contributed by atoms with Crippen LogP contribution in [0.2, 0.25) is 0 Å². The first-order valence-electron chi connectivity index (χ1n) is 15.2. The lowest BCUT2D eigenvalue weighted by Gasteiger charge is -2.27. The lowest BCUT2D eigenvalue weighted by atomic mass is 10.1. The Bertz CT molecular complexity index is 2340. The molecule has 4 heteroatoms. The quantitative estimate of drug-likeness (QED) is 0.223. The Morgan fingerprint density at radius 3 is 2.02 bits per heavy atom. The molecular weight excluding hydrogens is 536 g/mol. The monoisotopic (exact) mass is 566 g/mol. The number of dihydropyridines is 2. The lowest BCUT2D eigenvalue weighted by molar-refractivity contribution is 0.553. The van der Waals surface area contributed by atoms with Crippen LogP contribution in [0.4, 0.5) is 0 Å². The predicted molar refractivity (Wildman–Crippen MR) is 184 cm³/mol. The van der Waals surface area contributed by atoms with Crippen LogP contribution >= 0.6 is 0 Å². The van der Waals surface area contributed by atoms with Crippen LogP contribution < -0.4 is 10.6 Å². The highest BCUT2D eigenvalue weighted by Gasteiger charge is 2.22. The summed E-state index contributed by atoms with van der Waals surface area (Å²) in [6.07, 6.45) is 12.9. The third kappa shape index (κ3) is 3.85. The van der Waals surface area contributed by atoms with Crippen LogP contribution in [0.1, 0.15) is 6.17 Å². The topological polar surface area (TPSA) is 33.9 Å². The molecule has 7 aromatic rings. The molecule has 0 saturated carbocycles. The molecule has 0 fully saturated rings. The number of nitrogens with zero attached hydrogens (tertiary/aromatic N) is 2. The van der Waals surface area contributed by atoms with Gasteiger partial charge in [-0.05, 0) is 65.8 Å². The van der Waals surface area contributed by atoms with Crippen molar-refractivity contribution in [2.75, 3.05) is 6.54 Å². The van der Waals surface area contributed by atoms with Crippen molar-refractivity contribution in [2.45, 2.75) is 6.17 Å². The molecule has 0 bridgehead atoms. The second-order valence-electron chi connectivity index (χ2n) is 11.5. The van der Waals surface area contributed by atoms with Gasteiger partial charge in [-0.2, -0.15) is 0 Å². The molecule has 1 atom stereocenters. The molecule has 4 nitrogen and oxygen atoms in total. The van der Waals surface area contributed by atoms with E-state index in [0.29, 0.717) is 0 Å². The van der Waals surface area contributed by atoms with E-state index in [2.05, 4.69) is 171 Å².